The van der Waals surface area contributed by atoms with E-state index in [1.54, 1.807) is 6.07 Å². The number of aryl methyl sites for hydroxylation is 1. The fourth-order valence-corrected chi connectivity index (χ4v) is 5.51. The summed E-state index contributed by atoms with van der Waals surface area (Å²) in [7, 11) is 0. The molecule has 0 bridgehead atoms. The Hall–Kier alpha value is -2.82. The highest BCUT2D eigenvalue weighted by molar-refractivity contribution is 5.95. The van der Waals surface area contributed by atoms with Crippen LogP contribution in [0.1, 0.15) is 87.3 Å². The van der Waals surface area contributed by atoms with Gasteiger partial charge >= 0.3 is 5.97 Å². The van der Waals surface area contributed by atoms with Crippen LogP contribution in [0.25, 0.3) is 11.0 Å². The summed E-state index contributed by atoms with van der Waals surface area (Å²) in [5, 5.41) is 13.1. The van der Waals surface area contributed by atoms with Crippen LogP contribution in [0.5, 0.6) is 0 Å². The van der Waals surface area contributed by atoms with E-state index in [4.69, 9.17) is 4.98 Å². The lowest BCUT2D eigenvalue weighted by Crippen LogP contribution is -2.29. The third-order valence-electron chi connectivity index (χ3n) is 6.83. The predicted molar refractivity (Wildman–Crippen MR) is 131 cm³/mol. The Morgan fingerprint density at radius 1 is 1.19 bits per heavy atom. The summed E-state index contributed by atoms with van der Waals surface area (Å²) < 4.78 is 2.32. The molecule has 2 atom stereocenters. The van der Waals surface area contributed by atoms with E-state index >= 15 is 0 Å². The van der Waals surface area contributed by atoms with Crippen LogP contribution in [0.3, 0.4) is 0 Å². The fraction of sp³-hybridized carbons (Fsp3) is 0.481. The number of carboxylic acids is 1. The second-order valence-electron chi connectivity index (χ2n) is 10.7. The number of imidazole rings is 1. The van der Waals surface area contributed by atoms with Gasteiger partial charge in [-0.05, 0) is 78.8 Å². The molecule has 170 valence electrons. The van der Waals surface area contributed by atoms with Crippen LogP contribution < -0.4 is 5.32 Å². The molecule has 0 saturated heterocycles. The minimum absolute atomic E-state index is 0.255. The third kappa shape index (κ3) is 4.38. The molecule has 1 aliphatic carbocycles. The van der Waals surface area contributed by atoms with Gasteiger partial charge in [0, 0.05) is 11.7 Å². The molecule has 1 saturated carbocycles. The Labute approximate surface area is 190 Å². The number of aromatic carboxylic acids is 1. The Morgan fingerprint density at radius 3 is 2.47 bits per heavy atom. The first kappa shape index (κ1) is 22.4. The molecule has 1 unspecified atom stereocenters. The molecule has 1 heterocycles. The maximum absolute atomic E-state index is 11.7. The van der Waals surface area contributed by atoms with E-state index in [-0.39, 0.29) is 5.41 Å². The summed E-state index contributed by atoms with van der Waals surface area (Å²) in [4.78, 5) is 16.6. The molecule has 0 aliphatic heterocycles. The van der Waals surface area contributed by atoms with Crippen LogP contribution in [0.15, 0.2) is 36.4 Å². The van der Waals surface area contributed by atoms with Crippen molar-refractivity contribution in [3.8, 4) is 0 Å². The van der Waals surface area contributed by atoms with E-state index in [1.165, 1.54) is 12.0 Å². The highest BCUT2D eigenvalue weighted by atomic mass is 16.4. The van der Waals surface area contributed by atoms with Crippen molar-refractivity contribution in [2.45, 2.75) is 72.8 Å². The average molecular weight is 434 g/mol. The SMILES string of the molecule is Cc1cc2c(cc1C(=O)O)nc(Nc1ccc(C(C)C)cc1)n2[C@H]1CC(C)CC(C)(C)C1. The number of nitrogens with one attached hydrogen (secondary N) is 1. The van der Waals surface area contributed by atoms with Crippen LogP contribution in [0.4, 0.5) is 11.6 Å². The molecular formula is C27H35N3O2. The molecule has 4 rings (SSSR count). The first-order valence-corrected chi connectivity index (χ1v) is 11.7. The van der Waals surface area contributed by atoms with Crippen molar-refractivity contribution in [2.75, 3.05) is 5.32 Å². The predicted octanol–water partition coefficient (Wildman–Crippen LogP) is 7.30. The molecule has 0 amide bonds. The molecule has 5 heteroatoms. The summed E-state index contributed by atoms with van der Waals surface area (Å²) >= 11 is 0. The number of carbonyl (C=O) groups is 1. The van der Waals surface area contributed by atoms with Crippen molar-refractivity contribution in [1.82, 2.24) is 9.55 Å². The summed E-state index contributed by atoms with van der Waals surface area (Å²) in [6.07, 6.45) is 3.39. The van der Waals surface area contributed by atoms with Crippen molar-refractivity contribution in [3.63, 3.8) is 0 Å². The van der Waals surface area contributed by atoms with Gasteiger partial charge in [0.2, 0.25) is 5.95 Å². The molecular weight excluding hydrogens is 398 g/mol. The summed E-state index contributed by atoms with van der Waals surface area (Å²) in [5.74, 6) is 0.982. The number of hydrogen-bond acceptors (Lipinski definition) is 3. The molecule has 0 spiro atoms. The maximum Gasteiger partial charge on any atom is 0.336 e. The number of hydrogen-bond donors (Lipinski definition) is 2. The van der Waals surface area contributed by atoms with E-state index in [0.717, 1.165) is 41.1 Å². The van der Waals surface area contributed by atoms with E-state index < -0.39 is 5.97 Å². The smallest absolute Gasteiger partial charge is 0.336 e. The normalized spacial score (nSPS) is 20.6. The van der Waals surface area contributed by atoms with Crippen LogP contribution in [0, 0.1) is 18.3 Å². The second-order valence-corrected chi connectivity index (χ2v) is 10.7. The minimum Gasteiger partial charge on any atom is -0.478 e. The standard InChI is InChI=1S/C27H35N3O2/c1-16(2)19-7-9-20(10-8-19)28-26-29-23-13-22(25(31)32)18(4)12-24(23)30(26)21-11-17(3)14-27(5,6)15-21/h7-10,12-13,16-17,21H,11,14-15H2,1-6H3,(H,28,29)(H,31,32)/t17?,21-/m0/s1. The second kappa shape index (κ2) is 8.27. The zero-order valence-electron chi connectivity index (χ0n) is 20.1. The lowest BCUT2D eigenvalue weighted by molar-refractivity contribution is 0.0696. The number of anilines is 2. The van der Waals surface area contributed by atoms with E-state index in [1.807, 2.05) is 13.0 Å². The highest BCUT2D eigenvalue weighted by Gasteiger charge is 2.35. The zero-order chi connectivity index (χ0) is 23.2. The monoisotopic (exact) mass is 433 g/mol. The first-order valence-electron chi connectivity index (χ1n) is 11.7. The molecule has 0 radical (unpaired) electrons. The molecule has 1 aliphatic rings. The summed E-state index contributed by atoms with van der Waals surface area (Å²) in [5.41, 5.74) is 5.35. The van der Waals surface area contributed by atoms with E-state index in [2.05, 4.69) is 68.8 Å². The van der Waals surface area contributed by atoms with Gasteiger partial charge in [0.25, 0.3) is 0 Å². The van der Waals surface area contributed by atoms with E-state index in [0.29, 0.717) is 23.4 Å². The Kier molecular flexibility index (Phi) is 5.78. The molecule has 1 fully saturated rings. The molecule has 2 N–H and O–H groups in total. The zero-order valence-corrected chi connectivity index (χ0v) is 20.1. The number of fused-ring (bicyclic) bond motifs is 1. The lowest BCUT2D eigenvalue weighted by Gasteiger charge is -2.40. The average Bonchev–Trinajstić information content (AvgIpc) is 3.02. The van der Waals surface area contributed by atoms with Gasteiger partial charge in [-0.15, -0.1) is 0 Å². The van der Waals surface area contributed by atoms with Gasteiger partial charge in [0.05, 0.1) is 16.6 Å². The van der Waals surface area contributed by atoms with Gasteiger partial charge in [-0.25, -0.2) is 9.78 Å². The summed E-state index contributed by atoms with van der Waals surface area (Å²) in [6, 6.07) is 12.5. The van der Waals surface area contributed by atoms with Crippen molar-refractivity contribution in [1.29, 1.82) is 0 Å². The quantitative estimate of drug-likeness (QED) is 0.443. The van der Waals surface area contributed by atoms with Crippen LogP contribution in [-0.4, -0.2) is 20.6 Å². The van der Waals surface area contributed by atoms with Crippen molar-refractivity contribution in [3.05, 3.63) is 53.1 Å². The fourth-order valence-electron chi connectivity index (χ4n) is 5.51. The lowest BCUT2D eigenvalue weighted by atomic mass is 9.70. The van der Waals surface area contributed by atoms with Crippen LogP contribution in [0.2, 0.25) is 0 Å². The largest absolute Gasteiger partial charge is 0.478 e. The maximum atomic E-state index is 11.7. The Balaban J connectivity index is 1.82. The van der Waals surface area contributed by atoms with Gasteiger partial charge in [0.15, 0.2) is 0 Å². The number of carboxylic acid groups (broad SMARTS) is 1. The van der Waals surface area contributed by atoms with Crippen molar-refractivity contribution in [2.24, 2.45) is 11.3 Å². The minimum atomic E-state index is -0.912. The molecule has 5 nitrogen and oxygen atoms in total. The topological polar surface area (TPSA) is 67.2 Å². The number of rotatable bonds is 5. The highest BCUT2D eigenvalue weighted by Crippen LogP contribution is 2.46. The number of benzene rings is 2. The Morgan fingerprint density at radius 2 is 1.88 bits per heavy atom. The molecule has 1 aromatic heterocycles. The van der Waals surface area contributed by atoms with E-state index in [9.17, 15) is 9.90 Å². The molecule has 32 heavy (non-hydrogen) atoms. The molecule has 3 aromatic rings. The number of nitrogens with zero attached hydrogens (tertiary/aromatic N) is 2. The Bertz CT molecular complexity index is 1140. The third-order valence-corrected chi connectivity index (χ3v) is 6.83. The van der Waals surface area contributed by atoms with Crippen LogP contribution in [-0.2, 0) is 0 Å². The van der Waals surface area contributed by atoms with Gasteiger partial charge in [-0.1, -0.05) is 46.8 Å². The van der Waals surface area contributed by atoms with Gasteiger partial charge in [-0.3, -0.25) is 0 Å². The van der Waals surface area contributed by atoms with Crippen LogP contribution >= 0.6 is 0 Å². The van der Waals surface area contributed by atoms with Gasteiger partial charge in [-0.2, -0.15) is 0 Å². The van der Waals surface area contributed by atoms with Gasteiger partial charge < -0.3 is 15.0 Å². The number of aromatic nitrogens is 2. The van der Waals surface area contributed by atoms with Gasteiger partial charge in [0.1, 0.15) is 0 Å². The molecule has 2 aromatic carbocycles. The van der Waals surface area contributed by atoms with Crippen molar-refractivity contribution >= 4 is 28.6 Å². The van der Waals surface area contributed by atoms with Crippen molar-refractivity contribution < 1.29 is 9.90 Å². The first-order chi connectivity index (χ1) is 15.0. The summed E-state index contributed by atoms with van der Waals surface area (Å²) in [6.45, 7) is 13.3.